The predicted octanol–water partition coefficient (Wildman–Crippen LogP) is 2.69. The van der Waals surface area contributed by atoms with Crippen molar-refractivity contribution < 1.29 is 14.3 Å². The number of fused-ring (bicyclic) bond motifs is 1. The number of amides is 1. The van der Waals surface area contributed by atoms with Crippen LogP contribution in [0.5, 0.6) is 5.75 Å². The van der Waals surface area contributed by atoms with Gasteiger partial charge < -0.3 is 9.47 Å². The number of aromatic nitrogens is 2. The molecule has 19 heavy (non-hydrogen) atoms. The van der Waals surface area contributed by atoms with Crippen LogP contribution in [0, 0.1) is 0 Å². The molecule has 0 spiro atoms. The summed E-state index contributed by atoms with van der Waals surface area (Å²) in [6.07, 6.45) is 2.88. The van der Waals surface area contributed by atoms with Gasteiger partial charge in [-0.25, -0.2) is 9.31 Å². The molecule has 0 saturated heterocycles. The zero-order chi connectivity index (χ0) is 14.0. The number of nitrogens with one attached hydrogen (secondary N) is 1. The Kier molecular flexibility index (Phi) is 3.33. The van der Waals surface area contributed by atoms with E-state index < -0.39 is 11.7 Å². The molecule has 0 bridgehead atoms. The molecular weight excluding hydrogens is 246 g/mol. The molecule has 0 aliphatic heterocycles. The van der Waals surface area contributed by atoms with E-state index in [2.05, 4.69) is 10.4 Å². The highest BCUT2D eigenvalue weighted by Gasteiger charge is 2.18. The van der Waals surface area contributed by atoms with Gasteiger partial charge in [-0.3, -0.25) is 5.32 Å². The molecule has 0 aliphatic carbocycles. The van der Waals surface area contributed by atoms with Gasteiger partial charge in [-0.15, -0.1) is 0 Å². The maximum Gasteiger partial charge on any atom is 0.412 e. The van der Waals surface area contributed by atoms with Gasteiger partial charge in [0.25, 0.3) is 0 Å². The number of anilines is 1. The van der Waals surface area contributed by atoms with E-state index in [-0.39, 0.29) is 0 Å². The monoisotopic (exact) mass is 263 g/mol. The third-order valence-electron chi connectivity index (χ3n) is 2.37. The molecule has 6 nitrogen and oxygen atoms in total. The van der Waals surface area contributed by atoms with Crippen LogP contribution in [-0.2, 0) is 4.74 Å². The van der Waals surface area contributed by atoms with Gasteiger partial charge >= 0.3 is 6.09 Å². The maximum absolute atomic E-state index is 11.8. The smallest absolute Gasteiger partial charge is 0.412 e. The van der Waals surface area contributed by atoms with Gasteiger partial charge in [0.05, 0.1) is 19.0 Å². The minimum Gasteiger partial charge on any atom is -0.492 e. The quantitative estimate of drug-likeness (QED) is 0.904. The van der Waals surface area contributed by atoms with E-state index >= 15 is 0 Å². The third-order valence-corrected chi connectivity index (χ3v) is 2.37. The Bertz CT molecular complexity index is 599. The summed E-state index contributed by atoms with van der Waals surface area (Å²) in [4.78, 5) is 11.8. The van der Waals surface area contributed by atoms with Gasteiger partial charge in [-0.2, -0.15) is 5.10 Å². The summed E-state index contributed by atoms with van der Waals surface area (Å²) < 4.78 is 12.2. The molecule has 0 fully saturated rings. The Labute approximate surface area is 111 Å². The lowest BCUT2D eigenvalue weighted by atomic mass is 10.2. The molecule has 6 heteroatoms. The van der Waals surface area contributed by atoms with Gasteiger partial charge in [0.15, 0.2) is 5.75 Å². The van der Waals surface area contributed by atoms with Gasteiger partial charge in [-0.05, 0) is 32.9 Å². The third kappa shape index (κ3) is 2.96. The van der Waals surface area contributed by atoms with Crippen LogP contribution in [0.25, 0.3) is 5.52 Å². The fourth-order valence-corrected chi connectivity index (χ4v) is 1.70. The molecule has 0 atom stereocenters. The minimum atomic E-state index is -0.544. The van der Waals surface area contributed by atoms with E-state index in [0.29, 0.717) is 11.4 Å². The normalized spacial score (nSPS) is 11.4. The minimum absolute atomic E-state index is 0.519. The van der Waals surface area contributed by atoms with E-state index in [1.807, 2.05) is 20.8 Å². The first-order valence-electron chi connectivity index (χ1n) is 5.91. The maximum atomic E-state index is 11.8. The van der Waals surface area contributed by atoms with Gasteiger partial charge in [0.1, 0.15) is 11.1 Å². The number of rotatable bonds is 2. The van der Waals surface area contributed by atoms with Crippen molar-refractivity contribution in [2.24, 2.45) is 0 Å². The molecule has 0 aliphatic rings. The number of hydrogen-bond donors (Lipinski definition) is 1. The van der Waals surface area contributed by atoms with Crippen molar-refractivity contribution in [2.45, 2.75) is 26.4 Å². The van der Waals surface area contributed by atoms with E-state index in [1.165, 1.54) is 0 Å². The first-order valence-corrected chi connectivity index (χ1v) is 5.91. The second-order valence-corrected chi connectivity index (χ2v) is 5.05. The van der Waals surface area contributed by atoms with Gasteiger partial charge in [0, 0.05) is 6.20 Å². The Morgan fingerprint density at radius 2 is 2.11 bits per heavy atom. The molecule has 0 radical (unpaired) electrons. The summed E-state index contributed by atoms with van der Waals surface area (Å²) in [5.41, 5.74) is 0.777. The fourth-order valence-electron chi connectivity index (χ4n) is 1.70. The fraction of sp³-hybridized carbons (Fsp3) is 0.385. The Balaban J connectivity index is 2.27. The van der Waals surface area contributed by atoms with Crippen LogP contribution in [0.15, 0.2) is 24.5 Å². The number of nitrogens with zero attached hydrogens (tertiary/aromatic N) is 2. The van der Waals surface area contributed by atoms with Crippen LogP contribution < -0.4 is 10.1 Å². The van der Waals surface area contributed by atoms with Crippen LogP contribution in [0.3, 0.4) is 0 Å². The Hall–Kier alpha value is -2.24. The van der Waals surface area contributed by atoms with E-state index in [1.54, 1.807) is 36.2 Å². The summed E-state index contributed by atoms with van der Waals surface area (Å²) in [6, 6.07) is 3.52. The number of carbonyl (C=O) groups excluding carboxylic acids is 1. The number of ether oxygens (including phenoxy) is 2. The molecule has 1 amide bonds. The first-order chi connectivity index (χ1) is 8.90. The summed E-state index contributed by atoms with van der Waals surface area (Å²) in [5.74, 6) is 0.547. The van der Waals surface area contributed by atoms with Crippen molar-refractivity contribution in [3.8, 4) is 5.75 Å². The van der Waals surface area contributed by atoms with Crippen molar-refractivity contribution in [3.05, 3.63) is 24.5 Å². The molecule has 0 unspecified atom stereocenters. The van der Waals surface area contributed by atoms with Crippen molar-refractivity contribution >= 4 is 17.3 Å². The second kappa shape index (κ2) is 4.79. The number of carbonyl (C=O) groups is 1. The van der Waals surface area contributed by atoms with Gasteiger partial charge in [-0.1, -0.05) is 0 Å². The molecule has 0 aromatic carbocycles. The van der Waals surface area contributed by atoms with Crippen LogP contribution in [-0.4, -0.2) is 28.4 Å². The molecule has 2 aromatic rings. The van der Waals surface area contributed by atoms with E-state index in [0.717, 1.165) is 5.52 Å². The molecule has 0 saturated carbocycles. The van der Waals surface area contributed by atoms with Crippen LogP contribution >= 0.6 is 0 Å². The molecule has 102 valence electrons. The molecule has 2 aromatic heterocycles. The zero-order valence-corrected chi connectivity index (χ0v) is 11.4. The largest absolute Gasteiger partial charge is 0.492 e. The van der Waals surface area contributed by atoms with Crippen molar-refractivity contribution in [1.82, 2.24) is 9.61 Å². The highest BCUT2D eigenvalue weighted by atomic mass is 16.6. The van der Waals surface area contributed by atoms with Crippen molar-refractivity contribution in [2.75, 3.05) is 12.4 Å². The van der Waals surface area contributed by atoms with Crippen LogP contribution in [0.2, 0.25) is 0 Å². The van der Waals surface area contributed by atoms with Crippen LogP contribution in [0.4, 0.5) is 10.5 Å². The van der Waals surface area contributed by atoms with Gasteiger partial charge in [0.2, 0.25) is 0 Å². The number of hydrogen-bond acceptors (Lipinski definition) is 4. The molecule has 2 heterocycles. The standard InChI is InChI=1S/C13H17N3O3/c1-13(2,3)19-12(17)15-9-6-8-16-10(5-7-14-16)11(9)18-4/h5-8H,1-4H3,(H,15,17). The SMILES string of the molecule is COc1c(NC(=O)OC(C)(C)C)ccn2nccc12. The Morgan fingerprint density at radius 1 is 1.37 bits per heavy atom. The average molecular weight is 263 g/mol. The van der Waals surface area contributed by atoms with Crippen molar-refractivity contribution in [3.63, 3.8) is 0 Å². The lowest BCUT2D eigenvalue weighted by molar-refractivity contribution is 0.0635. The molecule has 1 N–H and O–H groups in total. The predicted molar refractivity (Wildman–Crippen MR) is 71.6 cm³/mol. The second-order valence-electron chi connectivity index (χ2n) is 5.05. The zero-order valence-electron chi connectivity index (χ0n) is 11.4. The highest BCUT2D eigenvalue weighted by Crippen LogP contribution is 2.29. The summed E-state index contributed by atoms with van der Waals surface area (Å²) >= 11 is 0. The van der Waals surface area contributed by atoms with Crippen LogP contribution in [0.1, 0.15) is 20.8 Å². The summed E-state index contributed by atoms with van der Waals surface area (Å²) in [6.45, 7) is 5.43. The topological polar surface area (TPSA) is 64.9 Å². The first kappa shape index (κ1) is 13.2. The lowest BCUT2D eigenvalue weighted by Crippen LogP contribution is -2.27. The lowest BCUT2D eigenvalue weighted by Gasteiger charge is -2.20. The average Bonchev–Trinajstić information content (AvgIpc) is 2.74. The number of methoxy groups -OCH3 is 1. The summed E-state index contributed by atoms with van der Waals surface area (Å²) in [5, 5.41) is 6.77. The molecular formula is C13H17N3O3. The van der Waals surface area contributed by atoms with Crippen molar-refractivity contribution in [1.29, 1.82) is 0 Å². The number of pyridine rings is 1. The van der Waals surface area contributed by atoms with E-state index in [4.69, 9.17) is 9.47 Å². The summed E-state index contributed by atoms with van der Waals surface area (Å²) in [7, 11) is 1.54. The van der Waals surface area contributed by atoms with E-state index in [9.17, 15) is 4.79 Å². The highest BCUT2D eigenvalue weighted by molar-refractivity contribution is 5.89. The Morgan fingerprint density at radius 3 is 2.74 bits per heavy atom. The molecule has 2 rings (SSSR count).